The Hall–Kier alpha value is -3.31. The Morgan fingerprint density at radius 2 is 1.57 bits per heavy atom. The van der Waals surface area contributed by atoms with Gasteiger partial charge in [-0.05, 0) is 87.6 Å². The number of nitrogens with one attached hydrogen (secondary N) is 1. The summed E-state index contributed by atoms with van der Waals surface area (Å²) in [5.41, 5.74) is 3.61. The standard InChI is InChI=1S/C31H36ClNO4/c1-6-7-18-36-28-17-16-26(32)20-27(28)29(34)33-21(2)19-22-8-10-23(11-9-22)24-12-14-25(15-13-24)30(35)37-31(3,4)5/h8-17,20-21H,6-7,18-19H2,1-5H3,(H,33,34). The van der Waals surface area contributed by atoms with Gasteiger partial charge in [-0.25, -0.2) is 4.79 Å². The predicted molar refractivity (Wildman–Crippen MR) is 150 cm³/mol. The second-order valence-electron chi connectivity index (χ2n) is 10.2. The molecule has 37 heavy (non-hydrogen) atoms. The van der Waals surface area contributed by atoms with Crippen LogP contribution in [0, 0.1) is 0 Å². The lowest BCUT2D eigenvalue weighted by molar-refractivity contribution is 0.00694. The van der Waals surface area contributed by atoms with Crippen LogP contribution in [-0.2, 0) is 11.2 Å². The summed E-state index contributed by atoms with van der Waals surface area (Å²) in [7, 11) is 0. The number of carbonyl (C=O) groups is 2. The average molecular weight is 522 g/mol. The van der Waals surface area contributed by atoms with Gasteiger partial charge in [-0.3, -0.25) is 4.79 Å². The van der Waals surface area contributed by atoms with Crippen LogP contribution in [0.25, 0.3) is 11.1 Å². The Balaban J connectivity index is 1.60. The number of amides is 1. The molecular formula is C31H36ClNO4. The minimum Gasteiger partial charge on any atom is -0.493 e. The molecule has 0 aliphatic heterocycles. The summed E-state index contributed by atoms with van der Waals surface area (Å²) in [5, 5.41) is 3.56. The van der Waals surface area contributed by atoms with Crippen LogP contribution < -0.4 is 10.1 Å². The normalized spacial score (nSPS) is 12.1. The molecule has 0 aliphatic carbocycles. The minimum atomic E-state index is -0.527. The van der Waals surface area contributed by atoms with Crippen LogP contribution in [0.5, 0.6) is 5.75 Å². The van der Waals surface area contributed by atoms with E-state index in [9.17, 15) is 9.59 Å². The lowest BCUT2D eigenvalue weighted by Gasteiger charge is -2.19. The zero-order chi connectivity index (χ0) is 27.0. The summed E-state index contributed by atoms with van der Waals surface area (Å²) < 4.78 is 11.2. The lowest BCUT2D eigenvalue weighted by Crippen LogP contribution is -2.34. The quantitative estimate of drug-likeness (QED) is 0.221. The molecule has 3 rings (SSSR count). The maximum Gasteiger partial charge on any atom is 0.338 e. The van der Waals surface area contributed by atoms with Crippen molar-refractivity contribution in [1.29, 1.82) is 0 Å². The molecule has 0 bridgehead atoms. The van der Waals surface area contributed by atoms with Crippen LogP contribution in [0.2, 0.25) is 5.02 Å². The van der Waals surface area contributed by atoms with Gasteiger partial charge in [-0.15, -0.1) is 0 Å². The van der Waals surface area contributed by atoms with Gasteiger partial charge in [0.05, 0.1) is 17.7 Å². The van der Waals surface area contributed by atoms with Crippen molar-refractivity contribution < 1.29 is 19.1 Å². The van der Waals surface area contributed by atoms with Gasteiger partial charge in [0.15, 0.2) is 0 Å². The second kappa shape index (κ2) is 12.8. The third kappa shape index (κ3) is 8.64. The average Bonchev–Trinajstić information content (AvgIpc) is 2.84. The van der Waals surface area contributed by atoms with E-state index >= 15 is 0 Å². The molecule has 1 N–H and O–H groups in total. The number of esters is 1. The number of benzene rings is 3. The van der Waals surface area contributed by atoms with E-state index in [-0.39, 0.29) is 17.9 Å². The molecule has 1 atom stereocenters. The molecule has 0 saturated heterocycles. The van der Waals surface area contributed by atoms with E-state index in [0.29, 0.717) is 34.9 Å². The first kappa shape index (κ1) is 28.3. The molecule has 0 spiro atoms. The molecule has 0 fully saturated rings. The van der Waals surface area contributed by atoms with Gasteiger partial charge >= 0.3 is 5.97 Å². The van der Waals surface area contributed by atoms with Gasteiger partial charge < -0.3 is 14.8 Å². The SMILES string of the molecule is CCCCOc1ccc(Cl)cc1C(=O)NC(C)Cc1ccc(-c2ccc(C(=O)OC(C)(C)C)cc2)cc1. The van der Waals surface area contributed by atoms with E-state index < -0.39 is 5.60 Å². The Kier molecular flexibility index (Phi) is 9.76. The number of hydrogen-bond donors (Lipinski definition) is 1. The number of ether oxygens (including phenoxy) is 2. The van der Waals surface area contributed by atoms with Crippen molar-refractivity contribution in [1.82, 2.24) is 5.32 Å². The summed E-state index contributed by atoms with van der Waals surface area (Å²) in [6.45, 7) is 10.2. The Morgan fingerprint density at radius 3 is 2.16 bits per heavy atom. The third-order valence-electron chi connectivity index (χ3n) is 5.67. The Bertz CT molecular complexity index is 1200. The fourth-order valence-corrected chi connectivity index (χ4v) is 3.98. The highest BCUT2D eigenvalue weighted by atomic mass is 35.5. The van der Waals surface area contributed by atoms with Crippen molar-refractivity contribution in [3.05, 3.63) is 88.4 Å². The largest absolute Gasteiger partial charge is 0.493 e. The summed E-state index contributed by atoms with van der Waals surface area (Å²) in [5.74, 6) is 0.00985. The molecule has 0 aromatic heterocycles. The van der Waals surface area contributed by atoms with Gasteiger partial charge in [0.2, 0.25) is 0 Å². The van der Waals surface area contributed by atoms with Crippen LogP contribution in [-0.4, -0.2) is 30.1 Å². The van der Waals surface area contributed by atoms with Crippen molar-refractivity contribution in [2.45, 2.75) is 65.5 Å². The predicted octanol–water partition coefficient (Wildman–Crippen LogP) is 7.50. The van der Waals surface area contributed by atoms with Crippen molar-refractivity contribution in [3.63, 3.8) is 0 Å². The van der Waals surface area contributed by atoms with Crippen LogP contribution in [0.1, 0.15) is 73.7 Å². The van der Waals surface area contributed by atoms with Gasteiger partial charge in [0.1, 0.15) is 11.4 Å². The fourth-order valence-electron chi connectivity index (χ4n) is 3.81. The highest BCUT2D eigenvalue weighted by Gasteiger charge is 2.18. The van der Waals surface area contributed by atoms with Gasteiger partial charge in [-0.1, -0.05) is 61.3 Å². The van der Waals surface area contributed by atoms with E-state index in [1.54, 1.807) is 30.3 Å². The molecule has 6 heteroatoms. The summed E-state index contributed by atoms with van der Waals surface area (Å²) in [6.07, 6.45) is 2.61. The maximum absolute atomic E-state index is 13.0. The Morgan fingerprint density at radius 1 is 0.946 bits per heavy atom. The Labute approximate surface area is 225 Å². The summed E-state index contributed by atoms with van der Waals surface area (Å²) >= 11 is 6.14. The van der Waals surface area contributed by atoms with Gasteiger partial charge in [0, 0.05) is 11.1 Å². The van der Waals surface area contributed by atoms with Crippen molar-refractivity contribution in [3.8, 4) is 16.9 Å². The fraction of sp³-hybridized carbons (Fsp3) is 0.355. The number of rotatable bonds is 10. The van der Waals surface area contributed by atoms with Crippen LogP contribution >= 0.6 is 11.6 Å². The molecule has 0 saturated carbocycles. The number of hydrogen-bond acceptors (Lipinski definition) is 4. The first-order chi connectivity index (χ1) is 17.6. The van der Waals surface area contributed by atoms with Crippen molar-refractivity contribution in [2.24, 2.45) is 0 Å². The molecule has 0 aliphatic rings. The molecule has 3 aromatic carbocycles. The van der Waals surface area contributed by atoms with Crippen LogP contribution in [0.3, 0.4) is 0 Å². The first-order valence-corrected chi connectivity index (χ1v) is 13.1. The summed E-state index contributed by atoms with van der Waals surface area (Å²) in [4.78, 5) is 25.2. The lowest BCUT2D eigenvalue weighted by atomic mass is 10.00. The molecule has 1 unspecified atom stereocenters. The minimum absolute atomic E-state index is 0.0889. The second-order valence-corrected chi connectivity index (χ2v) is 10.6. The third-order valence-corrected chi connectivity index (χ3v) is 5.90. The topological polar surface area (TPSA) is 64.6 Å². The number of halogens is 1. The van der Waals surface area contributed by atoms with E-state index in [1.807, 2.05) is 52.0 Å². The molecule has 0 heterocycles. The smallest absolute Gasteiger partial charge is 0.338 e. The maximum atomic E-state index is 13.0. The molecule has 0 radical (unpaired) electrons. The first-order valence-electron chi connectivity index (χ1n) is 12.7. The zero-order valence-corrected chi connectivity index (χ0v) is 23.0. The van der Waals surface area contributed by atoms with Crippen LogP contribution in [0.15, 0.2) is 66.7 Å². The van der Waals surface area contributed by atoms with E-state index in [4.69, 9.17) is 21.1 Å². The van der Waals surface area contributed by atoms with E-state index in [0.717, 1.165) is 29.5 Å². The van der Waals surface area contributed by atoms with Crippen molar-refractivity contribution >= 4 is 23.5 Å². The van der Waals surface area contributed by atoms with Gasteiger partial charge in [-0.2, -0.15) is 0 Å². The highest BCUT2D eigenvalue weighted by Crippen LogP contribution is 2.24. The molecule has 3 aromatic rings. The molecular weight excluding hydrogens is 486 g/mol. The monoisotopic (exact) mass is 521 g/mol. The highest BCUT2D eigenvalue weighted by molar-refractivity contribution is 6.31. The van der Waals surface area contributed by atoms with Crippen LogP contribution in [0.4, 0.5) is 0 Å². The van der Waals surface area contributed by atoms with Crippen molar-refractivity contribution in [2.75, 3.05) is 6.61 Å². The van der Waals surface area contributed by atoms with E-state index in [1.165, 1.54) is 0 Å². The molecule has 1 amide bonds. The number of unbranched alkanes of at least 4 members (excludes halogenated alkanes) is 1. The summed E-state index contributed by atoms with van der Waals surface area (Å²) in [6, 6.07) is 20.6. The number of carbonyl (C=O) groups excluding carboxylic acids is 2. The zero-order valence-electron chi connectivity index (χ0n) is 22.3. The van der Waals surface area contributed by atoms with E-state index in [2.05, 4.69) is 24.4 Å². The van der Waals surface area contributed by atoms with Gasteiger partial charge in [0.25, 0.3) is 5.91 Å². The molecule has 196 valence electrons. The molecule has 5 nitrogen and oxygen atoms in total.